The van der Waals surface area contributed by atoms with Gasteiger partial charge in [0.1, 0.15) is 6.61 Å². The highest BCUT2D eigenvalue weighted by Crippen LogP contribution is 2.44. The Hall–Kier alpha value is -2.33. The maximum absolute atomic E-state index is 12.6. The molecule has 1 saturated heterocycles. The molecule has 1 atom stereocenters. The molecule has 25 heavy (non-hydrogen) atoms. The number of benzene rings is 2. The maximum atomic E-state index is 12.6. The first-order valence-electron chi connectivity index (χ1n) is 9.20. The number of likely N-dealkylation sites (tertiary alicyclic amines) is 1. The molecule has 0 aromatic heterocycles. The van der Waals surface area contributed by atoms with Crippen molar-refractivity contribution in [3.8, 4) is 11.1 Å². The minimum Gasteiger partial charge on any atom is -0.448 e. The number of hydrogen-bond donors (Lipinski definition) is 1. The average molecular weight is 337 g/mol. The highest BCUT2D eigenvalue weighted by molar-refractivity contribution is 5.79. The molecular formula is C21H25N2O2+. The molecule has 1 amide bonds. The van der Waals surface area contributed by atoms with Crippen LogP contribution in [-0.4, -0.2) is 36.7 Å². The first-order chi connectivity index (χ1) is 12.3. The van der Waals surface area contributed by atoms with Gasteiger partial charge in [0.25, 0.3) is 0 Å². The minimum atomic E-state index is -0.185. The van der Waals surface area contributed by atoms with Gasteiger partial charge >= 0.3 is 6.09 Å². The van der Waals surface area contributed by atoms with Gasteiger partial charge in [0.2, 0.25) is 0 Å². The minimum absolute atomic E-state index is 0.124. The summed E-state index contributed by atoms with van der Waals surface area (Å²) < 4.78 is 5.77. The Balaban J connectivity index is 1.52. The number of amides is 1. The van der Waals surface area contributed by atoms with Gasteiger partial charge in [-0.05, 0) is 41.5 Å². The van der Waals surface area contributed by atoms with Crippen LogP contribution < -0.4 is 5.73 Å². The summed E-state index contributed by atoms with van der Waals surface area (Å²) in [6, 6.07) is 17.1. The molecule has 130 valence electrons. The van der Waals surface area contributed by atoms with E-state index < -0.39 is 0 Å². The summed E-state index contributed by atoms with van der Waals surface area (Å²) in [4.78, 5) is 14.5. The maximum Gasteiger partial charge on any atom is 0.410 e. The van der Waals surface area contributed by atoms with Crippen LogP contribution in [0.1, 0.15) is 36.3 Å². The number of ether oxygens (including phenoxy) is 1. The van der Waals surface area contributed by atoms with Crippen LogP contribution in [0.2, 0.25) is 0 Å². The molecule has 0 radical (unpaired) electrons. The summed E-state index contributed by atoms with van der Waals surface area (Å²) in [5, 5.41) is 0. The van der Waals surface area contributed by atoms with Crippen molar-refractivity contribution in [2.75, 3.05) is 19.7 Å². The zero-order valence-electron chi connectivity index (χ0n) is 14.5. The number of carbonyl (C=O) groups excluding carboxylic acids is 1. The van der Waals surface area contributed by atoms with Gasteiger partial charge in [0.05, 0.1) is 12.6 Å². The molecule has 4 rings (SSSR count). The third-order valence-corrected chi connectivity index (χ3v) is 5.53. The van der Waals surface area contributed by atoms with Crippen molar-refractivity contribution in [1.29, 1.82) is 0 Å². The third kappa shape index (κ3) is 2.91. The number of quaternary nitrogens is 1. The lowest BCUT2D eigenvalue weighted by atomic mass is 9.98. The number of carbonyl (C=O) groups is 1. The van der Waals surface area contributed by atoms with E-state index in [2.05, 4.69) is 54.3 Å². The monoisotopic (exact) mass is 337 g/mol. The van der Waals surface area contributed by atoms with Crippen LogP contribution in [0.4, 0.5) is 4.79 Å². The molecule has 1 aliphatic carbocycles. The van der Waals surface area contributed by atoms with Crippen LogP contribution in [0, 0.1) is 0 Å². The second-order valence-electron chi connectivity index (χ2n) is 6.94. The molecule has 2 aliphatic rings. The van der Waals surface area contributed by atoms with E-state index in [9.17, 15) is 4.79 Å². The molecule has 1 fully saturated rings. The van der Waals surface area contributed by atoms with Gasteiger partial charge in [-0.3, -0.25) is 4.90 Å². The summed E-state index contributed by atoms with van der Waals surface area (Å²) in [6.45, 7) is 1.94. The van der Waals surface area contributed by atoms with E-state index >= 15 is 0 Å². The van der Waals surface area contributed by atoms with Crippen molar-refractivity contribution in [3.05, 3.63) is 59.7 Å². The molecular weight excluding hydrogens is 312 g/mol. The summed E-state index contributed by atoms with van der Waals surface area (Å²) in [7, 11) is 0. The van der Waals surface area contributed by atoms with Gasteiger partial charge in [0.15, 0.2) is 0 Å². The molecule has 0 unspecified atom stereocenters. The Bertz CT molecular complexity index is 728. The number of rotatable bonds is 3. The molecule has 4 nitrogen and oxygen atoms in total. The summed E-state index contributed by atoms with van der Waals surface area (Å²) >= 11 is 0. The summed E-state index contributed by atoms with van der Waals surface area (Å²) in [5.41, 5.74) is 9.01. The quantitative estimate of drug-likeness (QED) is 0.936. The zero-order valence-corrected chi connectivity index (χ0v) is 14.5. The standard InChI is InChI=1S/C21H24N2O2/c22-13-15-7-5-6-12-23(15)21(24)25-14-20-18-10-3-1-8-16(18)17-9-2-4-11-19(17)20/h1-4,8-11,15,20H,5-7,12-14,22H2/p+1/t15-/m0/s1. The first kappa shape index (κ1) is 16.2. The van der Waals surface area contributed by atoms with Crippen molar-refractivity contribution in [2.45, 2.75) is 31.2 Å². The van der Waals surface area contributed by atoms with Crippen LogP contribution in [0.25, 0.3) is 11.1 Å². The normalized spacial score (nSPS) is 19.4. The molecule has 3 N–H and O–H groups in total. The molecule has 0 spiro atoms. The number of nitrogens with zero attached hydrogens (tertiary/aromatic N) is 1. The van der Waals surface area contributed by atoms with Crippen LogP contribution >= 0.6 is 0 Å². The fourth-order valence-corrected chi connectivity index (χ4v) is 4.22. The van der Waals surface area contributed by atoms with Crippen LogP contribution in [0.3, 0.4) is 0 Å². The molecule has 1 aliphatic heterocycles. The molecule has 0 saturated carbocycles. The lowest BCUT2D eigenvalue weighted by Crippen LogP contribution is -2.62. The second kappa shape index (κ2) is 6.89. The van der Waals surface area contributed by atoms with Crippen LogP contribution in [0.15, 0.2) is 48.5 Å². The lowest BCUT2D eigenvalue weighted by molar-refractivity contribution is -0.378. The van der Waals surface area contributed by atoms with Crippen molar-refractivity contribution in [2.24, 2.45) is 0 Å². The van der Waals surface area contributed by atoms with Gasteiger partial charge in [0, 0.05) is 12.5 Å². The van der Waals surface area contributed by atoms with E-state index in [-0.39, 0.29) is 18.1 Å². The number of piperidine rings is 1. The third-order valence-electron chi connectivity index (χ3n) is 5.53. The fraction of sp³-hybridized carbons (Fsp3) is 0.381. The number of hydrogen-bond acceptors (Lipinski definition) is 2. The van der Waals surface area contributed by atoms with Gasteiger partial charge in [-0.15, -0.1) is 0 Å². The van der Waals surface area contributed by atoms with Crippen molar-refractivity contribution < 1.29 is 15.3 Å². The predicted molar refractivity (Wildman–Crippen MR) is 97.2 cm³/mol. The van der Waals surface area contributed by atoms with E-state index in [4.69, 9.17) is 4.74 Å². The Morgan fingerprint density at radius 3 is 2.32 bits per heavy atom. The highest BCUT2D eigenvalue weighted by Gasteiger charge is 2.32. The lowest BCUT2D eigenvalue weighted by Gasteiger charge is -2.33. The van der Waals surface area contributed by atoms with E-state index in [1.165, 1.54) is 28.7 Å². The largest absolute Gasteiger partial charge is 0.448 e. The van der Waals surface area contributed by atoms with Crippen molar-refractivity contribution >= 4 is 6.09 Å². The first-order valence-corrected chi connectivity index (χ1v) is 9.20. The molecule has 4 heteroatoms. The van der Waals surface area contributed by atoms with Crippen molar-refractivity contribution in [3.63, 3.8) is 0 Å². The number of fused-ring (bicyclic) bond motifs is 3. The van der Waals surface area contributed by atoms with Gasteiger partial charge in [-0.25, -0.2) is 4.79 Å². The summed E-state index contributed by atoms with van der Waals surface area (Å²) in [5.74, 6) is 0.124. The Labute approximate surface area is 148 Å². The van der Waals surface area contributed by atoms with E-state index in [0.29, 0.717) is 6.61 Å². The Morgan fingerprint density at radius 1 is 1.04 bits per heavy atom. The van der Waals surface area contributed by atoms with E-state index in [0.717, 1.165) is 25.9 Å². The highest BCUT2D eigenvalue weighted by atomic mass is 16.6. The molecule has 0 bridgehead atoms. The second-order valence-corrected chi connectivity index (χ2v) is 6.94. The average Bonchev–Trinajstić information content (AvgIpc) is 3.00. The molecule has 1 heterocycles. The van der Waals surface area contributed by atoms with Gasteiger partial charge < -0.3 is 10.5 Å². The van der Waals surface area contributed by atoms with E-state index in [1.807, 2.05) is 4.90 Å². The Morgan fingerprint density at radius 2 is 1.68 bits per heavy atom. The Kier molecular flexibility index (Phi) is 4.45. The molecule has 2 aromatic rings. The fourth-order valence-electron chi connectivity index (χ4n) is 4.22. The molecule has 2 aromatic carbocycles. The van der Waals surface area contributed by atoms with Crippen LogP contribution in [0.5, 0.6) is 0 Å². The van der Waals surface area contributed by atoms with Gasteiger partial charge in [-0.1, -0.05) is 48.5 Å². The summed E-state index contributed by atoms with van der Waals surface area (Å²) in [6.07, 6.45) is 3.08. The zero-order chi connectivity index (χ0) is 17.2. The SMILES string of the molecule is [NH3+]C[C@@H]1CCCCN1C(=O)OCC1c2ccccc2-c2ccccc21. The topological polar surface area (TPSA) is 57.2 Å². The predicted octanol–water partition coefficient (Wildman–Crippen LogP) is 3.03. The smallest absolute Gasteiger partial charge is 0.410 e. The van der Waals surface area contributed by atoms with Crippen LogP contribution in [-0.2, 0) is 4.74 Å². The van der Waals surface area contributed by atoms with E-state index in [1.54, 1.807) is 0 Å². The van der Waals surface area contributed by atoms with Gasteiger partial charge in [-0.2, -0.15) is 0 Å². The van der Waals surface area contributed by atoms with Crippen molar-refractivity contribution in [1.82, 2.24) is 4.90 Å².